The van der Waals surface area contributed by atoms with Gasteiger partial charge < -0.3 is 19.7 Å². The Hall–Kier alpha value is -3.53. The van der Waals surface area contributed by atoms with Crippen molar-refractivity contribution in [1.82, 2.24) is 10.2 Å². The maximum absolute atomic E-state index is 12.7. The number of ether oxygens (including phenoxy) is 2. The van der Waals surface area contributed by atoms with E-state index in [0.29, 0.717) is 37.4 Å². The highest BCUT2D eigenvalue weighted by atomic mass is 16.5. The van der Waals surface area contributed by atoms with E-state index in [0.717, 1.165) is 11.1 Å². The first kappa shape index (κ1) is 22.2. The lowest BCUT2D eigenvalue weighted by Crippen LogP contribution is -2.40. The molecular weight excluding hydrogens is 394 g/mol. The van der Waals surface area contributed by atoms with E-state index in [-0.39, 0.29) is 18.2 Å². The van der Waals surface area contributed by atoms with Gasteiger partial charge in [-0.05, 0) is 29.7 Å². The lowest BCUT2D eigenvalue weighted by molar-refractivity contribution is -0.129. The number of nitrogens with zero attached hydrogens (tertiary/aromatic N) is 2. The number of nitriles is 1. The number of benzene rings is 2. The number of hydrogen-bond donors (Lipinski definition) is 1. The normalized spacial score (nSPS) is 16.5. The van der Waals surface area contributed by atoms with Crippen LogP contribution in [0.4, 0.5) is 0 Å². The lowest BCUT2D eigenvalue weighted by Gasteiger charge is -2.18. The molecule has 31 heavy (non-hydrogen) atoms. The van der Waals surface area contributed by atoms with Gasteiger partial charge in [0, 0.05) is 25.9 Å². The molecule has 1 aliphatic heterocycles. The first-order valence-corrected chi connectivity index (χ1v) is 10.3. The Labute approximate surface area is 182 Å². The summed E-state index contributed by atoms with van der Waals surface area (Å²) in [7, 11) is 3.17. The minimum absolute atomic E-state index is 0.0443. The Morgan fingerprint density at radius 1 is 1.16 bits per heavy atom. The molecule has 0 aromatic heterocycles. The fourth-order valence-corrected chi connectivity index (χ4v) is 3.73. The van der Waals surface area contributed by atoms with Gasteiger partial charge in [0.1, 0.15) is 6.04 Å². The summed E-state index contributed by atoms with van der Waals surface area (Å²) >= 11 is 0. The first-order valence-electron chi connectivity index (χ1n) is 10.3. The van der Waals surface area contributed by atoms with Crippen molar-refractivity contribution in [3.05, 3.63) is 59.7 Å². The monoisotopic (exact) mass is 421 g/mol. The van der Waals surface area contributed by atoms with Crippen molar-refractivity contribution in [2.24, 2.45) is 5.92 Å². The van der Waals surface area contributed by atoms with Gasteiger partial charge in [0.25, 0.3) is 0 Å². The number of nitrogens with one attached hydrogen (secondary N) is 1. The molecule has 162 valence electrons. The molecule has 0 spiro atoms. The summed E-state index contributed by atoms with van der Waals surface area (Å²) in [6.07, 6.45) is 1.25. The molecule has 2 aromatic carbocycles. The van der Waals surface area contributed by atoms with Crippen LogP contribution in [0.5, 0.6) is 11.5 Å². The Morgan fingerprint density at radius 2 is 1.90 bits per heavy atom. The Balaban J connectivity index is 1.53. The van der Waals surface area contributed by atoms with Gasteiger partial charge in [0.15, 0.2) is 11.5 Å². The van der Waals surface area contributed by atoms with Crippen LogP contribution < -0.4 is 14.8 Å². The molecule has 0 bridgehead atoms. The van der Waals surface area contributed by atoms with Crippen LogP contribution in [-0.4, -0.2) is 50.1 Å². The molecule has 1 fully saturated rings. The third-order valence-corrected chi connectivity index (χ3v) is 5.46. The number of carbonyl (C=O) groups excluding carboxylic acids is 2. The van der Waals surface area contributed by atoms with E-state index < -0.39 is 12.0 Å². The van der Waals surface area contributed by atoms with Gasteiger partial charge in [-0.3, -0.25) is 9.59 Å². The van der Waals surface area contributed by atoms with Gasteiger partial charge in [-0.1, -0.05) is 36.4 Å². The van der Waals surface area contributed by atoms with Crippen LogP contribution in [0.2, 0.25) is 0 Å². The fourth-order valence-electron chi connectivity index (χ4n) is 3.73. The number of hydrogen-bond acceptors (Lipinski definition) is 5. The van der Waals surface area contributed by atoms with Crippen LogP contribution in [0.3, 0.4) is 0 Å². The van der Waals surface area contributed by atoms with Crippen molar-refractivity contribution < 1.29 is 19.1 Å². The zero-order chi connectivity index (χ0) is 22.2. The van der Waals surface area contributed by atoms with E-state index in [1.165, 1.54) is 0 Å². The van der Waals surface area contributed by atoms with Gasteiger partial charge in [-0.2, -0.15) is 5.26 Å². The predicted octanol–water partition coefficient (Wildman–Crippen LogP) is 2.35. The molecule has 1 saturated heterocycles. The second-order valence-corrected chi connectivity index (χ2v) is 7.56. The number of likely N-dealkylation sites (tertiary alicyclic amines) is 1. The van der Waals surface area contributed by atoms with E-state index in [1.54, 1.807) is 19.1 Å². The first-order chi connectivity index (χ1) is 15.0. The minimum Gasteiger partial charge on any atom is -0.493 e. The van der Waals surface area contributed by atoms with E-state index in [1.807, 2.05) is 48.5 Å². The highest BCUT2D eigenvalue weighted by Gasteiger charge is 2.34. The van der Waals surface area contributed by atoms with Crippen LogP contribution in [0, 0.1) is 17.2 Å². The summed E-state index contributed by atoms with van der Waals surface area (Å²) in [6, 6.07) is 16.7. The Kier molecular flexibility index (Phi) is 7.50. The summed E-state index contributed by atoms with van der Waals surface area (Å²) < 4.78 is 10.6. The summed E-state index contributed by atoms with van der Waals surface area (Å²) in [6.45, 7) is 0.880. The lowest BCUT2D eigenvalue weighted by atomic mass is 10.0. The largest absolute Gasteiger partial charge is 0.493 e. The Bertz CT molecular complexity index is 955. The molecule has 2 amide bonds. The maximum Gasteiger partial charge on any atom is 0.226 e. The van der Waals surface area contributed by atoms with Gasteiger partial charge in [0.2, 0.25) is 11.8 Å². The smallest absolute Gasteiger partial charge is 0.226 e. The molecule has 1 N–H and O–H groups in total. The average Bonchev–Trinajstić information content (AvgIpc) is 3.18. The molecule has 1 heterocycles. The fraction of sp³-hybridized carbons (Fsp3) is 0.375. The highest BCUT2D eigenvalue weighted by Crippen LogP contribution is 2.28. The molecule has 1 aliphatic rings. The number of rotatable bonds is 9. The van der Waals surface area contributed by atoms with Gasteiger partial charge in [-0.15, -0.1) is 0 Å². The molecule has 0 unspecified atom stereocenters. The molecule has 3 rings (SSSR count). The van der Waals surface area contributed by atoms with E-state index >= 15 is 0 Å². The van der Waals surface area contributed by atoms with Crippen molar-refractivity contribution in [3.63, 3.8) is 0 Å². The zero-order valence-electron chi connectivity index (χ0n) is 17.8. The van der Waals surface area contributed by atoms with Gasteiger partial charge >= 0.3 is 0 Å². The second kappa shape index (κ2) is 10.5. The van der Waals surface area contributed by atoms with Crippen LogP contribution >= 0.6 is 0 Å². The van der Waals surface area contributed by atoms with Gasteiger partial charge in [-0.25, -0.2) is 0 Å². The molecule has 0 saturated carbocycles. The van der Waals surface area contributed by atoms with E-state index in [4.69, 9.17) is 9.47 Å². The third kappa shape index (κ3) is 5.76. The number of amides is 2. The third-order valence-electron chi connectivity index (χ3n) is 5.46. The van der Waals surface area contributed by atoms with Crippen molar-refractivity contribution in [2.75, 3.05) is 27.3 Å². The van der Waals surface area contributed by atoms with Crippen molar-refractivity contribution in [1.29, 1.82) is 5.26 Å². The molecule has 0 radical (unpaired) electrons. The second-order valence-electron chi connectivity index (χ2n) is 7.56. The average molecular weight is 421 g/mol. The summed E-state index contributed by atoms with van der Waals surface area (Å²) in [5.74, 6) is 0.569. The molecule has 7 nitrogen and oxygen atoms in total. The Morgan fingerprint density at radius 3 is 2.58 bits per heavy atom. The topological polar surface area (TPSA) is 91.7 Å². The summed E-state index contributed by atoms with van der Waals surface area (Å²) in [5, 5.41) is 12.2. The summed E-state index contributed by atoms with van der Waals surface area (Å²) in [4.78, 5) is 26.8. The van der Waals surface area contributed by atoms with Crippen LogP contribution in [0.25, 0.3) is 0 Å². The molecule has 2 aromatic rings. The molecule has 7 heteroatoms. The highest BCUT2D eigenvalue weighted by molar-refractivity contribution is 5.89. The van der Waals surface area contributed by atoms with Crippen molar-refractivity contribution >= 4 is 11.8 Å². The standard InChI is InChI=1S/C24H27N3O4/c1-30-21-9-8-18(13-22(21)31-2)10-11-27-16-19(14-23(27)28)24(29)26-20(15-25)12-17-6-4-3-5-7-17/h3-9,13,19-20H,10-12,14,16H2,1-2H3,(H,26,29)/t19-,20-/m1/s1. The number of methoxy groups -OCH3 is 2. The SMILES string of the molecule is COc1ccc(CCN2C[C@H](C(=O)N[C@@H](C#N)Cc3ccccc3)CC2=O)cc1OC. The molecule has 2 atom stereocenters. The quantitative estimate of drug-likeness (QED) is 0.671. The summed E-state index contributed by atoms with van der Waals surface area (Å²) in [5.41, 5.74) is 2.00. The van der Waals surface area contributed by atoms with Crippen molar-refractivity contribution in [3.8, 4) is 17.6 Å². The number of carbonyl (C=O) groups is 2. The van der Waals surface area contributed by atoms with Crippen LogP contribution in [0.1, 0.15) is 17.5 Å². The predicted molar refractivity (Wildman–Crippen MR) is 116 cm³/mol. The maximum atomic E-state index is 12.7. The van der Waals surface area contributed by atoms with Crippen LogP contribution in [-0.2, 0) is 22.4 Å². The molecule has 0 aliphatic carbocycles. The van der Waals surface area contributed by atoms with Gasteiger partial charge in [0.05, 0.1) is 26.2 Å². The van der Waals surface area contributed by atoms with Crippen molar-refractivity contribution in [2.45, 2.75) is 25.3 Å². The zero-order valence-corrected chi connectivity index (χ0v) is 17.8. The van der Waals surface area contributed by atoms with E-state index in [9.17, 15) is 14.9 Å². The minimum atomic E-state index is -0.620. The molecular formula is C24H27N3O4. The van der Waals surface area contributed by atoms with E-state index in [2.05, 4.69) is 11.4 Å². The van der Waals surface area contributed by atoms with Crippen LogP contribution in [0.15, 0.2) is 48.5 Å².